The second kappa shape index (κ2) is 20.5. The molecular formula is C28H49ClN4O. The molecule has 0 bridgehead atoms. The summed E-state index contributed by atoms with van der Waals surface area (Å²) < 4.78 is 1.80. The predicted molar refractivity (Wildman–Crippen MR) is 150 cm³/mol. The quantitative estimate of drug-likeness (QED) is 0.407. The second-order valence-corrected chi connectivity index (χ2v) is 8.38. The molecule has 34 heavy (non-hydrogen) atoms. The molecule has 1 aromatic heterocycles. The van der Waals surface area contributed by atoms with Crippen molar-refractivity contribution in [2.45, 2.75) is 106 Å². The number of rotatable bonds is 8. The van der Waals surface area contributed by atoms with Crippen LogP contribution in [0, 0.1) is 6.92 Å². The van der Waals surface area contributed by atoms with Crippen LogP contribution in [0.5, 0.6) is 0 Å². The van der Waals surface area contributed by atoms with Gasteiger partial charge in [0.1, 0.15) is 0 Å². The van der Waals surface area contributed by atoms with Gasteiger partial charge >= 0.3 is 0 Å². The minimum Gasteiger partial charge on any atom is -0.365 e. The third-order valence-corrected chi connectivity index (χ3v) is 5.56. The fourth-order valence-electron chi connectivity index (χ4n) is 3.71. The maximum absolute atomic E-state index is 12.3. The molecule has 0 spiro atoms. The molecule has 2 heterocycles. The molecule has 1 unspecified atom stereocenters. The number of nitrogens with zero attached hydrogens (tertiary/aromatic N) is 2. The molecule has 0 radical (unpaired) electrons. The van der Waals surface area contributed by atoms with Gasteiger partial charge in [-0.15, -0.1) is 0 Å². The Bertz CT molecular complexity index is 816. The van der Waals surface area contributed by atoms with E-state index in [-0.39, 0.29) is 5.56 Å². The van der Waals surface area contributed by atoms with Gasteiger partial charge in [-0.2, -0.15) is 0 Å². The van der Waals surface area contributed by atoms with Crippen molar-refractivity contribution in [2.24, 2.45) is 0 Å². The summed E-state index contributed by atoms with van der Waals surface area (Å²) in [6, 6.07) is 8.61. The van der Waals surface area contributed by atoms with Crippen LogP contribution in [0.2, 0.25) is 5.02 Å². The Morgan fingerprint density at radius 3 is 2.47 bits per heavy atom. The second-order valence-electron chi connectivity index (χ2n) is 7.95. The standard InChI is InChI=1S/C15H26N4O.C9H11Cl.2C2H6/c1-3-10-19-12(2)11-18-14(15(19)20)17-9-7-13-6-4-5-8-16-13;1-2-4-8-5-3-6-9(10)7-8;2*1-2/h11,13,16H,3-10H2,1-2H3,(H,17,18);3,5-7H,2,4H2,1H3;2*1-2H3. The largest absolute Gasteiger partial charge is 0.365 e. The molecule has 3 rings (SSSR count). The summed E-state index contributed by atoms with van der Waals surface area (Å²) >= 11 is 5.78. The first-order valence-electron chi connectivity index (χ1n) is 13.3. The molecule has 1 saturated heterocycles. The van der Waals surface area contributed by atoms with Crippen molar-refractivity contribution >= 4 is 17.4 Å². The highest BCUT2D eigenvalue weighted by atomic mass is 35.5. The minimum atomic E-state index is 0.00320. The summed E-state index contributed by atoms with van der Waals surface area (Å²) in [5.41, 5.74) is 2.26. The lowest BCUT2D eigenvalue weighted by Crippen LogP contribution is -2.36. The van der Waals surface area contributed by atoms with Gasteiger partial charge in [0, 0.05) is 36.0 Å². The van der Waals surface area contributed by atoms with Crippen LogP contribution in [0.1, 0.15) is 91.3 Å². The number of hydrogen-bond acceptors (Lipinski definition) is 4. The van der Waals surface area contributed by atoms with Crippen molar-refractivity contribution in [3.05, 3.63) is 57.1 Å². The number of nitrogens with one attached hydrogen (secondary N) is 2. The SMILES string of the molecule is CC.CC.CCCc1cccc(Cl)c1.CCCn1c(C)cnc(NCCC2CCCCN2)c1=O. The van der Waals surface area contributed by atoms with Crippen LogP contribution in [0.15, 0.2) is 35.3 Å². The van der Waals surface area contributed by atoms with Gasteiger partial charge in [0.2, 0.25) is 0 Å². The van der Waals surface area contributed by atoms with E-state index in [2.05, 4.69) is 35.5 Å². The lowest BCUT2D eigenvalue weighted by molar-refractivity contribution is 0.388. The average Bonchev–Trinajstić information content (AvgIpc) is 2.87. The summed E-state index contributed by atoms with van der Waals surface area (Å²) in [6.45, 7) is 16.9. The Morgan fingerprint density at radius 2 is 1.88 bits per heavy atom. The van der Waals surface area contributed by atoms with E-state index in [0.717, 1.165) is 49.6 Å². The zero-order valence-corrected chi connectivity index (χ0v) is 23.5. The van der Waals surface area contributed by atoms with Crippen LogP contribution in [0.4, 0.5) is 5.82 Å². The van der Waals surface area contributed by atoms with Crippen LogP contribution in [0.3, 0.4) is 0 Å². The van der Waals surface area contributed by atoms with Crippen molar-refractivity contribution in [3.8, 4) is 0 Å². The van der Waals surface area contributed by atoms with Crippen LogP contribution >= 0.6 is 11.6 Å². The van der Waals surface area contributed by atoms with Gasteiger partial charge in [0.25, 0.3) is 5.56 Å². The van der Waals surface area contributed by atoms with Crippen molar-refractivity contribution in [1.82, 2.24) is 14.9 Å². The molecule has 0 aliphatic carbocycles. The first-order valence-corrected chi connectivity index (χ1v) is 13.7. The van der Waals surface area contributed by atoms with Crippen molar-refractivity contribution < 1.29 is 0 Å². The molecule has 5 nitrogen and oxygen atoms in total. The molecule has 194 valence electrons. The molecule has 1 aliphatic rings. The third kappa shape index (κ3) is 12.6. The average molecular weight is 493 g/mol. The number of aromatic nitrogens is 2. The van der Waals surface area contributed by atoms with Gasteiger partial charge in [-0.3, -0.25) is 4.79 Å². The Kier molecular flexibility index (Phi) is 19.4. The smallest absolute Gasteiger partial charge is 0.293 e. The molecule has 0 saturated carbocycles. The number of aryl methyl sites for hydroxylation is 2. The summed E-state index contributed by atoms with van der Waals surface area (Å²) in [4.78, 5) is 16.5. The van der Waals surface area contributed by atoms with Crippen LogP contribution in [-0.4, -0.2) is 28.7 Å². The molecule has 2 aromatic rings. The monoisotopic (exact) mass is 492 g/mol. The molecule has 1 aliphatic heterocycles. The molecular weight excluding hydrogens is 444 g/mol. The van der Waals surface area contributed by atoms with E-state index >= 15 is 0 Å². The lowest BCUT2D eigenvalue weighted by Gasteiger charge is -2.23. The van der Waals surface area contributed by atoms with Gasteiger partial charge in [-0.1, -0.05) is 78.1 Å². The maximum atomic E-state index is 12.3. The van der Waals surface area contributed by atoms with Crippen molar-refractivity contribution in [3.63, 3.8) is 0 Å². The molecule has 1 fully saturated rings. The van der Waals surface area contributed by atoms with Crippen LogP contribution in [-0.2, 0) is 13.0 Å². The third-order valence-electron chi connectivity index (χ3n) is 5.33. The fraction of sp³-hybridized carbons (Fsp3) is 0.643. The Morgan fingerprint density at radius 1 is 1.15 bits per heavy atom. The summed E-state index contributed by atoms with van der Waals surface area (Å²) in [7, 11) is 0. The number of hydrogen-bond donors (Lipinski definition) is 2. The normalized spacial score (nSPS) is 14.4. The summed E-state index contributed by atoms with van der Waals surface area (Å²) in [5, 5.41) is 7.56. The van der Waals surface area contributed by atoms with Crippen LogP contribution in [0.25, 0.3) is 0 Å². The van der Waals surface area contributed by atoms with Crippen molar-refractivity contribution in [1.29, 1.82) is 0 Å². The fourth-order valence-corrected chi connectivity index (χ4v) is 3.92. The zero-order chi connectivity index (χ0) is 25.8. The zero-order valence-electron chi connectivity index (χ0n) is 22.7. The van der Waals surface area contributed by atoms with Gasteiger partial charge in [-0.05, 0) is 63.3 Å². The Labute approximate surface area is 213 Å². The number of piperidine rings is 1. The van der Waals surface area contributed by atoms with E-state index < -0.39 is 0 Å². The first-order chi connectivity index (χ1) is 16.5. The van der Waals surface area contributed by atoms with E-state index in [1.54, 1.807) is 10.8 Å². The molecule has 0 amide bonds. The number of benzene rings is 1. The molecule has 6 heteroatoms. The van der Waals surface area contributed by atoms with Gasteiger partial charge in [0.15, 0.2) is 5.82 Å². The highest BCUT2D eigenvalue weighted by molar-refractivity contribution is 6.30. The van der Waals surface area contributed by atoms with E-state index in [0.29, 0.717) is 11.9 Å². The molecule has 1 aromatic carbocycles. The van der Waals surface area contributed by atoms with Gasteiger partial charge in [0.05, 0.1) is 0 Å². The Balaban J connectivity index is 0.000000653. The van der Waals surface area contributed by atoms with E-state index in [4.69, 9.17) is 11.6 Å². The predicted octanol–water partition coefficient (Wildman–Crippen LogP) is 7.25. The Hall–Kier alpha value is -1.85. The maximum Gasteiger partial charge on any atom is 0.293 e. The van der Waals surface area contributed by atoms with E-state index in [1.807, 2.05) is 52.8 Å². The highest BCUT2D eigenvalue weighted by Crippen LogP contribution is 2.12. The number of anilines is 1. The summed E-state index contributed by atoms with van der Waals surface area (Å²) in [6.07, 6.45) is 9.91. The first kappa shape index (κ1) is 32.1. The van der Waals surface area contributed by atoms with Crippen molar-refractivity contribution in [2.75, 3.05) is 18.4 Å². The van der Waals surface area contributed by atoms with Gasteiger partial charge < -0.3 is 15.2 Å². The topological polar surface area (TPSA) is 59.0 Å². The highest BCUT2D eigenvalue weighted by Gasteiger charge is 2.12. The molecule has 1 atom stereocenters. The lowest BCUT2D eigenvalue weighted by atomic mass is 10.0. The molecule has 2 N–H and O–H groups in total. The van der Waals surface area contributed by atoms with Crippen LogP contribution < -0.4 is 16.2 Å². The number of halogens is 1. The summed E-state index contributed by atoms with van der Waals surface area (Å²) in [5.74, 6) is 0.486. The minimum absolute atomic E-state index is 0.00320. The van der Waals surface area contributed by atoms with E-state index in [9.17, 15) is 4.79 Å². The van der Waals surface area contributed by atoms with Gasteiger partial charge in [-0.25, -0.2) is 4.98 Å². The van der Waals surface area contributed by atoms with E-state index in [1.165, 1.54) is 31.2 Å².